The quantitative estimate of drug-likeness (QED) is 0.798. The molecule has 0 N–H and O–H groups in total. The Balaban J connectivity index is 1.60. The lowest BCUT2D eigenvalue weighted by Gasteiger charge is -2.20. The van der Waals surface area contributed by atoms with Gasteiger partial charge in [-0.25, -0.2) is 0 Å². The molecule has 6 heteroatoms. The highest BCUT2D eigenvalue weighted by Gasteiger charge is 2.18. The van der Waals surface area contributed by atoms with Crippen molar-refractivity contribution in [1.29, 1.82) is 0 Å². The molecule has 0 saturated heterocycles. The molecule has 26 heavy (non-hydrogen) atoms. The second-order valence-electron chi connectivity index (χ2n) is 6.69. The van der Waals surface area contributed by atoms with Gasteiger partial charge in [0.2, 0.25) is 11.8 Å². The summed E-state index contributed by atoms with van der Waals surface area (Å²) in [6.45, 7) is 3.99. The fourth-order valence-corrected chi connectivity index (χ4v) is 3.11. The second kappa shape index (κ2) is 8.27. The molecule has 0 unspecified atom stereocenters. The minimum atomic E-state index is 0.0455. The van der Waals surface area contributed by atoms with Gasteiger partial charge in [0.05, 0.1) is 0 Å². The zero-order valence-electron chi connectivity index (χ0n) is 15.7. The Labute approximate surface area is 154 Å². The number of amides is 1. The number of aryl methyl sites for hydroxylation is 2. The van der Waals surface area contributed by atoms with Crippen LogP contribution in [-0.2, 0) is 17.6 Å². The molecule has 1 aliphatic heterocycles. The van der Waals surface area contributed by atoms with Crippen LogP contribution in [0.2, 0.25) is 0 Å². The summed E-state index contributed by atoms with van der Waals surface area (Å²) in [5, 5.41) is 4.08. The van der Waals surface area contributed by atoms with E-state index in [1.807, 2.05) is 25.2 Å². The van der Waals surface area contributed by atoms with Crippen LogP contribution in [0, 0.1) is 0 Å². The van der Waals surface area contributed by atoms with E-state index >= 15 is 0 Å². The van der Waals surface area contributed by atoms with E-state index < -0.39 is 0 Å². The van der Waals surface area contributed by atoms with Gasteiger partial charge in [-0.2, -0.15) is 4.98 Å². The molecule has 6 nitrogen and oxygen atoms in total. The van der Waals surface area contributed by atoms with Crippen LogP contribution < -0.4 is 4.90 Å². The van der Waals surface area contributed by atoms with Crippen molar-refractivity contribution in [1.82, 2.24) is 15.0 Å². The first kappa shape index (κ1) is 18.3. The number of carbonyl (C=O) groups excluding carboxylic acids is 1. The lowest BCUT2D eigenvalue weighted by molar-refractivity contribution is -0.118. The third kappa shape index (κ3) is 4.19. The third-order valence-electron chi connectivity index (χ3n) is 4.83. The van der Waals surface area contributed by atoms with Crippen molar-refractivity contribution in [2.75, 3.05) is 32.1 Å². The highest BCUT2D eigenvalue weighted by Crippen LogP contribution is 2.22. The molecule has 2 heterocycles. The number of para-hydroxylation sites is 1. The van der Waals surface area contributed by atoms with Gasteiger partial charge < -0.3 is 14.3 Å². The number of hydrogen-bond acceptors (Lipinski definition) is 5. The van der Waals surface area contributed by atoms with Gasteiger partial charge in [0, 0.05) is 38.7 Å². The normalized spacial score (nSPS) is 15.0. The molecular weight excluding hydrogens is 328 g/mol. The number of benzene rings is 1. The molecule has 0 aliphatic carbocycles. The van der Waals surface area contributed by atoms with Crippen molar-refractivity contribution >= 4 is 17.2 Å². The van der Waals surface area contributed by atoms with E-state index in [2.05, 4.69) is 41.2 Å². The summed E-state index contributed by atoms with van der Waals surface area (Å²) in [5.41, 5.74) is 3.25. The van der Waals surface area contributed by atoms with E-state index in [0.29, 0.717) is 24.6 Å². The van der Waals surface area contributed by atoms with Gasteiger partial charge in [0.25, 0.3) is 0 Å². The fourth-order valence-electron chi connectivity index (χ4n) is 3.11. The monoisotopic (exact) mass is 354 g/mol. The third-order valence-corrected chi connectivity index (χ3v) is 4.83. The van der Waals surface area contributed by atoms with Crippen LogP contribution in [-0.4, -0.2) is 48.1 Å². The summed E-state index contributed by atoms with van der Waals surface area (Å²) in [6, 6.07) is 7.99. The van der Waals surface area contributed by atoms with Crippen LogP contribution in [0.25, 0.3) is 5.57 Å². The standard InChI is InChI=1S/C20H26N4O2/c1-4-15-7-5-6-8-17(15)24(3)19(25)10-9-18-21-20(22-26-18)16-11-13-23(2)14-12-16/h5-8,11H,4,9-10,12-14H2,1-3H3. The van der Waals surface area contributed by atoms with Gasteiger partial charge in [-0.3, -0.25) is 4.79 Å². The van der Waals surface area contributed by atoms with E-state index in [1.165, 1.54) is 0 Å². The van der Waals surface area contributed by atoms with Gasteiger partial charge in [-0.1, -0.05) is 36.4 Å². The lowest BCUT2D eigenvalue weighted by atomic mass is 10.1. The number of nitrogens with zero attached hydrogens (tertiary/aromatic N) is 4. The van der Waals surface area contributed by atoms with Crippen molar-refractivity contribution in [3.05, 3.63) is 47.6 Å². The molecule has 0 spiro atoms. The number of rotatable bonds is 6. The first-order valence-corrected chi connectivity index (χ1v) is 9.13. The first-order valence-electron chi connectivity index (χ1n) is 9.13. The number of anilines is 1. The summed E-state index contributed by atoms with van der Waals surface area (Å²) in [4.78, 5) is 21.0. The molecule has 1 aromatic carbocycles. The molecule has 138 valence electrons. The Morgan fingerprint density at radius 3 is 2.88 bits per heavy atom. The van der Waals surface area contributed by atoms with Crippen molar-refractivity contribution < 1.29 is 9.32 Å². The maximum absolute atomic E-state index is 12.5. The Hall–Kier alpha value is -2.47. The van der Waals surface area contributed by atoms with Crippen molar-refractivity contribution in [2.24, 2.45) is 0 Å². The lowest BCUT2D eigenvalue weighted by Crippen LogP contribution is -2.27. The largest absolute Gasteiger partial charge is 0.339 e. The van der Waals surface area contributed by atoms with Crippen molar-refractivity contribution in [3.63, 3.8) is 0 Å². The van der Waals surface area contributed by atoms with Crippen LogP contribution in [0.5, 0.6) is 0 Å². The van der Waals surface area contributed by atoms with Crippen LogP contribution in [0.15, 0.2) is 34.9 Å². The van der Waals surface area contributed by atoms with Crippen LogP contribution >= 0.6 is 0 Å². The summed E-state index contributed by atoms with van der Waals surface area (Å²) >= 11 is 0. The Morgan fingerprint density at radius 1 is 1.35 bits per heavy atom. The molecule has 1 amide bonds. The van der Waals surface area contributed by atoms with Gasteiger partial charge >= 0.3 is 0 Å². The molecule has 0 atom stereocenters. The average Bonchev–Trinajstić information content (AvgIpc) is 3.15. The molecule has 1 aromatic heterocycles. The molecule has 1 aliphatic rings. The molecular formula is C20H26N4O2. The molecule has 2 aromatic rings. The number of likely N-dealkylation sites (N-methyl/N-ethyl adjacent to an activating group) is 1. The predicted molar refractivity (Wildman–Crippen MR) is 102 cm³/mol. The van der Waals surface area contributed by atoms with Crippen molar-refractivity contribution in [3.8, 4) is 0 Å². The number of aromatic nitrogens is 2. The number of carbonyl (C=O) groups is 1. The minimum Gasteiger partial charge on any atom is -0.339 e. The summed E-state index contributed by atoms with van der Waals surface area (Å²) in [6.07, 6.45) is 4.75. The zero-order valence-corrected chi connectivity index (χ0v) is 15.7. The molecule has 0 saturated carbocycles. The Kier molecular flexibility index (Phi) is 5.83. The average molecular weight is 354 g/mol. The zero-order chi connectivity index (χ0) is 18.5. The highest BCUT2D eigenvalue weighted by molar-refractivity contribution is 5.93. The molecule has 3 rings (SSSR count). The second-order valence-corrected chi connectivity index (χ2v) is 6.69. The van der Waals surface area contributed by atoms with Crippen LogP contribution in [0.1, 0.15) is 37.0 Å². The highest BCUT2D eigenvalue weighted by atomic mass is 16.5. The smallest absolute Gasteiger partial charge is 0.227 e. The van der Waals surface area contributed by atoms with Gasteiger partial charge in [-0.15, -0.1) is 0 Å². The van der Waals surface area contributed by atoms with Gasteiger partial charge in [0.15, 0.2) is 5.82 Å². The van der Waals surface area contributed by atoms with Gasteiger partial charge in [0.1, 0.15) is 0 Å². The van der Waals surface area contributed by atoms with E-state index in [1.54, 1.807) is 4.90 Å². The SMILES string of the molecule is CCc1ccccc1N(C)C(=O)CCc1nc(C2=CCN(C)CC2)no1. The fraction of sp³-hybridized carbons (Fsp3) is 0.450. The first-order chi connectivity index (χ1) is 12.6. The Bertz CT molecular complexity index is 797. The summed E-state index contributed by atoms with van der Waals surface area (Å²) in [7, 11) is 3.91. The molecule has 0 bridgehead atoms. The Morgan fingerprint density at radius 2 is 2.15 bits per heavy atom. The van der Waals surface area contributed by atoms with Crippen molar-refractivity contribution in [2.45, 2.75) is 32.6 Å². The molecule has 0 radical (unpaired) electrons. The maximum atomic E-state index is 12.5. The summed E-state index contributed by atoms with van der Waals surface area (Å²) < 4.78 is 5.34. The van der Waals surface area contributed by atoms with Crippen LogP contribution in [0.3, 0.4) is 0 Å². The van der Waals surface area contributed by atoms with Gasteiger partial charge in [-0.05, 0) is 37.1 Å². The number of hydrogen-bond donors (Lipinski definition) is 0. The van der Waals surface area contributed by atoms with E-state index in [4.69, 9.17) is 4.52 Å². The maximum Gasteiger partial charge on any atom is 0.227 e. The molecule has 0 fully saturated rings. The van der Waals surface area contributed by atoms with E-state index in [-0.39, 0.29) is 5.91 Å². The minimum absolute atomic E-state index is 0.0455. The van der Waals surface area contributed by atoms with Crippen LogP contribution in [0.4, 0.5) is 5.69 Å². The van der Waals surface area contributed by atoms with E-state index in [0.717, 1.165) is 42.8 Å². The predicted octanol–water partition coefficient (Wildman–Crippen LogP) is 2.95. The van der Waals surface area contributed by atoms with E-state index in [9.17, 15) is 4.79 Å². The topological polar surface area (TPSA) is 62.5 Å². The summed E-state index contributed by atoms with van der Waals surface area (Å²) in [5.74, 6) is 1.22.